The van der Waals surface area contributed by atoms with Gasteiger partial charge in [-0.3, -0.25) is 14.7 Å². The Morgan fingerprint density at radius 2 is 1.96 bits per heavy atom. The second-order valence-corrected chi connectivity index (χ2v) is 6.24. The lowest BCUT2D eigenvalue weighted by molar-refractivity contribution is -0.384. The molecule has 3 aromatic rings. The Bertz CT molecular complexity index is 820. The zero-order valence-corrected chi connectivity index (χ0v) is 13.2. The monoisotopic (exact) mass is 326 g/mol. The summed E-state index contributed by atoms with van der Waals surface area (Å²) in [5, 5.41) is 19.8. The van der Waals surface area contributed by atoms with Crippen molar-refractivity contribution in [3.05, 3.63) is 76.6 Å². The van der Waals surface area contributed by atoms with Crippen LogP contribution in [0, 0.1) is 10.1 Å². The van der Waals surface area contributed by atoms with E-state index in [1.54, 1.807) is 18.5 Å². The third kappa shape index (κ3) is 3.40. The number of para-hydroxylation sites is 1. The first kappa shape index (κ1) is 15.2. The van der Waals surface area contributed by atoms with Crippen LogP contribution in [0.5, 0.6) is 0 Å². The molecule has 1 aromatic heterocycles. The number of non-ortho nitro benzene ring substituents is 1. The minimum Gasteiger partial charge on any atom is -0.277 e. The van der Waals surface area contributed by atoms with Crippen LogP contribution in [0.25, 0.3) is 5.69 Å². The van der Waals surface area contributed by atoms with Crippen molar-refractivity contribution in [1.82, 2.24) is 14.8 Å². The number of nitro benzene ring substituents is 1. The summed E-state index contributed by atoms with van der Waals surface area (Å²) in [7, 11) is 0. The minimum atomic E-state index is -0.382. The normalized spacial score (nSPS) is 12.0. The van der Waals surface area contributed by atoms with E-state index in [2.05, 4.69) is 10.2 Å². The molecule has 6 nitrogen and oxygen atoms in total. The average molecular weight is 326 g/mol. The van der Waals surface area contributed by atoms with Crippen LogP contribution in [0.4, 0.5) is 5.69 Å². The number of hydrogen-bond acceptors (Lipinski definition) is 5. The number of aromatic nitrogens is 3. The van der Waals surface area contributed by atoms with Crippen LogP contribution in [0.3, 0.4) is 0 Å². The highest BCUT2D eigenvalue weighted by atomic mass is 32.2. The van der Waals surface area contributed by atoms with E-state index in [1.165, 1.54) is 17.8 Å². The van der Waals surface area contributed by atoms with Crippen molar-refractivity contribution in [3.8, 4) is 5.69 Å². The Hall–Kier alpha value is -2.67. The first-order valence-electron chi connectivity index (χ1n) is 7.01. The second kappa shape index (κ2) is 6.62. The molecule has 0 fully saturated rings. The number of nitrogens with zero attached hydrogens (tertiary/aromatic N) is 4. The van der Waals surface area contributed by atoms with Crippen LogP contribution in [-0.2, 0) is 0 Å². The van der Waals surface area contributed by atoms with Crippen molar-refractivity contribution in [3.63, 3.8) is 0 Å². The molecule has 0 saturated carbocycles. The van der Waals surface area contributed by atoms with Gasteiger partial charge in [0.25, 0.3) is 5.69 Å². The quantitative estimate of drug-likeness (QED) is 0.402. The van der Waals surface area contributed by atoms with E-state index < -0.39 is 0 Å². The summed E-state index contributed by atoms with van der Waals surface area (Å²) < 4.78 is 1.90. The van der Waals surface area contributed by atoms with Crippen LogP contribution in [0.15, 0.2) is 66.1 Å². The van der Waals surface area contributed by atoms with Gasteiger partial charge in [-0.1, -0.05) is 42.1 Å². The summed E-state index contributed by atoms with van der Waals surface area (Å²) in [5.74, 6) is 0. The molecule has 116 valence electrons. The van der Waals surface area contributed by atoms with Gasteiger partial charge in [0, 0.05) is 23.1 Å². The molecule has 1 heterocycles. The molecule has 7 heteroatoms. The first-order chi connectivity index (χ1) is 11.1. The maximum Gasteiger partial charge on any atom is 0.269 e. The third-order valence-corrected chi connectivity index (χ3v) is 4.50. The molecule has 0 bridgehead atoms. The van der Waals surface area contributed by atoms with Gasteiger partial charge >= 0.3 is 0 Å². The van der Waals surface area contributed by atoms with E-state index in [9.17, 15) is 10.1 Å². The molecule has 0 N–H and O–H groups in total. The predicted molar refractivity (Wildman–Crippen MR) is 88.7 cm³/mol. The molecule has 0 aliphatic carbocycles. The largest absolute Gasteiger partial charge is 0.277 e. The molecule has 3 rings (SSSR count). The van der Waals surface area contributed by atoms with Crippen LogP contribution in [0.2, 0.25) is 0 Å². The summed E-state index contributed by atoms with van der Waals surface area (Å²) in [6, 6.07) is 16.5. The van der Waals surface area contributed by atoms with Gasteiger partial charge in [0.2, 0.25) is 0 Å². The maximum atomic E-state index is 10.9. The number of benzene rings is 2. The molecular formula is C16H14N4O2S. The second-order valence-electron chi connectivity index (χ2n) is 4.93. The molecule has 1 unspecified atom stereocenters. The molecule has 0 aliphatic heterocycles. The van der Waals surface area contributed by atoms with E-state index in [1.807, 2.05) is 47.9 Å². The van der Waals surface area contributed by atoms with Gasteiger partial charge in [-0.15, -0.1) is 10.2 Å². The van der Waals surface area contributed by atoms with Crippen molar-refractivity contribution >= 4 is 17.4 Å². The van der Waals surface area contributed by atoms with E-state index in [4.69, 9.17) is 0 Å². The lowest BCUT2D eigenvalue weighted by Crippen LogP contribution is -1.97. The number of thioether (sulfide) groups is 1. The maximum absolute atomic E-state index is 10.9. The highest BCUT2D eigenvalue weighted by Gasteiger charge is 2.15. The fourth-order valence-electron chi connectivity index (χ4n) is 2.19. The molecule has 0 amide bonds. The fourth-order valence-corrected chi connectivity index (χ4v) is 3.15. The average Bonchev–Trinajstić information content (AvgIpc) is 3.04. The Kier molecular flexibility index (Phi) is 4.38. The lowest BCUT2D eigenvalue weighted by Gasteiger charge is -2.12. The molecule has 0 spiro atoms. The Balaban J connectivity index is 1.84. The van der Waals surface area contributed by atoms with Crippen molar-refractivity contribution in [2.45, 2.75) is 17.3 Å². The SMILES string of the molecule is CC(Sc1nncn1-c1ccccc1)c1cccc([N+](=O)[O-])c1. The predicted octanol–water partition coefficient (Wildman–Crippen LogP) is 4.03. The number of rotatable bonds is 5. The summed E-state index contributed by atoms with van der Waals surface area (Å²) in [6.45, 7) is 1.99. The number of nitro groups is 1. The summed E-state index contributed by atoms with van der Waals surface area (Å²) >= 11 is 1.51. The van der Waals surface area contributed by atoms with Gasteiger partial charge in [-0.25, -0.2) is 0 Å². The van der Waals surface area contributed by atoms with Crippen molar-refractivity contribution < 1.29 is 4.92 Å². The van der Waals surface area contributed by atoms with Gasteiger partial charge in [0.15, 0.2) is 5.16 Å². The van der Waals surface area contributed by atoms with Crippen LogP contribution >= 0.6 is 11.8 Å². The van der Waals surface area contributed by atoms with Gasteiger partial charge in [-0.2, -0.15) is 0 Å². The smallest absolute Gasteiger partial charge is 0.269 e. The third-order valence-electron chi connectivity index (χ3n) is 3.38. The summed E-state index contributed by atoms with van der Waals surface area (Å²) in [4.78, 5) is 10.5. The minimum absolute atomic E-state index is 0.0153. The van der Waals surface area contributed by atoms with Gasteiger partial charge in [0.05, 0.1) is 4.92 Å². The van der Waals surface area contributed by atoms with Crippen molar-refractivity contribution in [2.24, 2.45) is 0 Å². The summed E-state index contributed by atoms with van der Waals surface area (Å²) in [6.07, 6.45) is 1.66. The molecule has 2 aromatic carbocycles. The fraction of sp³-hybridized carbons (Fsp3) is 0.125. The molecule has 0 radical (unpaired) electrons. The lowest BCUT2D eigenvalue weighted by atomic mass is 10.1. The highest BCUT2D eigenvalue weighted by Crippen LogP contribution is 2.35. The van der Waals surface area contributed by atoms with E-state index in [0.717, 1.165) is 16.4 Å². The summed E-state index contributed by atoms with van der Waals surface area (Å²) in [5.41, 5.74) is 1.96. The first-order valence-corrected chi connectivity index (χ1v) is 7.89. The zero-order valence-electron chi connectivity index (χ0n) is 12.4. The van der Waals surface area contributed by atoms with Crippen molar-refractivity contribution in [1.29, 1.82) is 0 Å². The Morgan fingerprint density at radius 1 is 1.17 bits per heavy atom. The standard InChI is InChI=1S/C16H14N4O2S/c1-12(13-6-5-9-15(10-13)20(21)22)23-16-18-17-11-19(16)14-7-3-2-4-8-14/h2-12H,1H3. The van der Waals surface area contributed by atoms with Crippen LogP contribution in [0.1, 0.15) is 17.7 Å². The van der Waals surface area contributed by atoms with Gasteiger partial charge in [-0.05, 0) is 24.6 Å². The topological polar surface area (TPSA) is 73.8 Å². The van der Waals surface area contributed by atoms with Gasteiger partial charge in [0.1, 0.15) is 6.33 Å². The molecular weight excluding hydrogens is 312 g/mol. The van der Waals surface area contributed by atoms with E-state index in [-0.39, 0.29) is 15.9 Å². The molecule has 0 aliphatic rings. The van der Waals surface area contributed by atoms with E-state index >= 15 is 0 Å². The highest BCUT2D eigenvalue weighted by molar-refractivity contribution is 7.99. The Labute approximate surface area is 137 Å². The van der Waals surface area contributed by atoms with E-state index in [0.29, 0.717) is 0 Å². The van der Waals surface area contributed by atoms with Crippen molar-refractivity contribution in [2.75, 3.05) is 0 Å². The van der Waals surface area contributed by atoms with Crippen LogP contribution < -0.4 is 0 Å². The molecule has 1 atom stereocenters. The molecule has 0 saturated heterocycles. The van der Waals surface area contributed by atoms with Crippen LogP contribution in [-0.4, -0.2) is 19.7 Å². The molecule has 23 heavy (non-hydrogen) atoms. The van der Waals surface area contributed by atoms with Gasteiger partial charge < -0.3 is 0 Å². The Morgan fingerprint density at radius 3 is 2.70 bits per heavy atom. The number of hydrogen-bond donors (Lipinski definition) is 0. The zero-order chi connectivity index (χ0) is 16.2.